The van der Waals surface area contributed by atoms with Crippen LogP contribution in [-0.2, 0) is 4.79 Å². The Bertz CT molecular complexity index is 1070. The Morgan fingerprint density at radius 1 is 1.13 bits per heavy atom. The molecular weight excluding hydrogens is 401 g/mol. The zero-order valence-corrected chi connectivity index (χ0v) is 16.9. The number of carbonyl (C=O) groups is 2. The van der Waals surface area contributed by atoms with Crippen LogP contribution in [0.5, 0.6) is 5.75 Å². The topological polar surface area (TPSA) is 88.5 Å². The number of ether oxygens (including phenoxy) is 1. The van der Waals surface area contributed by atoms with Crippen LogP contribution in [0, 0.1) is 5.82 Å². The minimum Gasteiger partial charge on any atom is -0.497 e. The number of urea groups is 1. The van der Waals surface area contributed by atoms with Crippen LogP contribution in [0.1, 0.15) is 12.8 Å². The van der Waals surface area contributed by atoms with Crippen molar-refractivity contribution >= 4 is 23.3 Å². The average Bonchev–Trinajstić information content (AvgIpc) is 3.47. The molecule has 0 spiro atoms. The molecule has 4 rings (SSSR count). The van der Waals surface area contributed by atoms with E-state index in [4.69, 9.17) is 4.74 Å². The van der Waals surface area contributed by atoms with Gasteiger partial charge in [-0.3, -0.25) is 4.79 Å². The largest absolute Gasteiger partial charge is 0.497 e. The van der Waals surface area contributed by atoms with Gasteiger partial charge in [-0.15, -0.1) is 0 Å². The van der Waals surface area contributed by atoms with Gasteiger partial charge in [0.25, 0.3) is 0 Å². The highest BCUT2D eigenvalue weighted by Gasteiger charge is 2.34. The number of carbonyl (C=O) groups excluding carboxylic acids is 2. The Labute approximate surface area is 178 Å². The van der Waals surface area contributed by atoms with Crippen molar-refractivity contribution in [1.29, 1.82) is 0 Å². The van der Waals surface area contributed by atoms with Crippen molar-refractivity contribution in [2.24, 2.45) is 0 Å². The first kappa shape index (κ1) is 20.4. The Hall–Kier alpha value is -3.88. The van der Waals surface area contributed by atoms with Gasteiger partial charge < -0.3 is 20.3 Å². The summed E-state index contributed by atoms with van der Waals surface area (Å²) < 4.78 is 21.0. The molecule has 1 aliphatic heterocycles. The van der Waals surface area contributed by atoms with Crippen LogP contribution in [0.4, 0.5) is 20.6 Å². The molecule has 9 heteroatoms. The highest BCUT2D eigenvalue weighted by atomic mass is 19.1. The molecule has 1 atom stereocenters. The summed E-state index contributed by atoms with van der Waals surface area (Å²) in [5.41, 5.74) is 1.20. The second kappa shape index (κ2) is 8.86. The first-order valence-corrected chi connectivity index (χ1v) is 9.87. The normalized spacial score (nSPS) is 15.5. The Balaban J connectivity index is 1.41. The van der Waals surface area contributed by atoms with Crippen molar-refractivity contribution in [2.45, 2.75) is 18.9 Å². The zero-order chi connectivity index (χ0) is 21.8. The molecule has 0 aliphatic carbocycles. The molecule has 2 heterocycles. The first-order chi connectivity index (χ1) is 15.0. The summed E-state index contributed by atoms with van der Waals surface area (Å²) >= 11 is 0. The van der Waals surface area contributed by atoms with Gasteiger partial charge in [-0.2, -0.15) is 5.10 Å². The summed E-state index contributed by atoms with van der Waals surface area (Å²) in [6.07, 6.45) is 4.45. The van der Waals surface area contributed by atoms with E-state index in [1.807, 2.05) is 0 Å². The predicted octanol–water partition coefficient (Wildman–Crippen LogP) is 3.66. The van der Waals surface area contributed by atoms with Gasteiger partial charge in [0.1, 0.15) is 17.5 Å². The number of aromatic nitrogens is 2. The fourth-order valence-electron chi connectivity index (χ4n) is 3.56. The first-order valence-electron chi connectivity index (χ1n) is 9.87. The highest BCUT2D eigenvalue weighted by molar-refractivity contribution is 5.99. The number of anilines is 2. The Morgan fingerprint density at radius 3 is 2.58 bits per heavy atom. The fourth-order valence-corrected chi connectivity index (χ4v) is 3.56. The lowest BCUT2D eigenvalue weighted by Gasteiger charge is -2.24. The molecule has 1 fully saturated rings. The third-order valence-electron chi connectivity index (χ3n) is 5.12. The van der Waals surface area contributed by atoms with E-state index in [2.05, 4.69) is 15.7 Å². The minimum atomic E-state index is -0.602. The van der Waals surface area contributed by atoms with Crippen molar-refractivity contribution in [2.75, 3.05) is 24.3 Å². The maximum Gasteiger partial charge on any atom is 0.322 e. The minimum absolute atomic E-state index is 0.266. The summed E-state index contributed by atoms with van der Waals surface area (Å²) in [5.74, 6) is -0.0968. The molecule has 1 aromatic heterocycles. The van der Waals surface area contributed by atoms with Crippen LogP contribution < -0.4 is 15.4 Å². The quantitative estimate of drug-likeness (QED) is 0.656. The van der Waals surface area contributed by atoms with Gasteiger partial charge in [-0.1, -0.05) is 0 Å². The van der Waals surface area contributed by atoms with Crippen LogP contribution in [0.2, 0.25) is 0 Å². The van der Waals surface area contributed by atoms with Gasteiger partial charge >= 0.3 is 6.03 Å². The molecule has 31 heavy (non-hydrogen) atoms. The van der Waals surface area contributed by atoms with Gasteiger partial charge in [-0.05, 0) is 61.4 Å². The lowest BCUT2D eigenvalue weighted by molar-refractivity contribution is -0.119. The number of amides is 3. The molecule has 0 unspecified atom stereocenters. The molecule has 2 aromatic carbocycles. The van der Waals surface area contributed by atoms with E-state index < -0.39 is 17.9 Å². The molecule has 1 saturated heterocycles. The van der Waals surface area contributed by atoms with Gasteiger partial charge in [0.15, 0.2) is 5.82 Å². The third-order valence-corrected chi connectivity index (χ3v) is 5.12. The van der Waals surface area contributed by atoms with E-state index >= 15 is 0 Å². The number of nitrogens with zero attached hydrogens (tertiary/aromatic N) is 3. The fraction of sp³-hybridized carbons (Fsp3) is 0.227. The van der Waals surface area contributed by atoms with E-state index in [1.54, 1.807) is 55.9 Å². The summed E-state index contributed by atoms with van der Waals surface area (Å²) in [6.45, 7) is 0.445. The molecule has 3 aromatic rings. The summed E-state index contributed by atoms with van der Waals surface area (Å²) in [6, 6.07) is 12.0. The van der Waals surface area contributed by atoms with Crippen molar-refractivity contribution in [3.05, 3.63) is 66.7 Å². The van der Waals surface area contributed by atoms with Gasteiger partial charge in [-0.25, -0.2) is 13.9 Å². The van der Waals surface area contributed by atoms with E-state index in [-0.39, 0.29) is 11.6 Å². The number of likely N-dealkylation sites (tertiary alicyclic amines) is 1. The second-order valence-corrected chi connectivity index (χ2v) is 7.12. The third kappa shape index (κ3) is 4.50. The van der Waals surface area contributed by atoms with Crippen molar-refractivity contribution in [3.63, 3.8) is 0 Å². The van der Waals surface area contributed by atoms with Crippen LogP contribution in [-0.4, -0.2) is 46.3 Å². The van der Waals surface area contributed by atoms with Gasteiger partial charge in [0.05, 0.1) is 7.11 Å². The number of benzene rings is 2. The van der Waals surface area contributed by atoms with E-state index in [0.717, 1.165) is 0 Å². The van der Waals surface area contributed by atoms with Crippen molar-refractivity contribution in [3.8, 4) is 11.4 Å². The lowest BCUT2D eigenvalue weighted by atomic mass is 10.2. The summed E-state index contributed by atoms with van der Waals surface area (Å²) in [4.78, 5) is 27.0. The average molecular weight is 423 g/mol. The van der Waals surface area contributed by atoms with Crippen molar-refractivity contribution in [1.82, 2.24) is 14.7 Å². The summed E-state index contributed by atoms with van der Waals surface area (Å²) in [7, 11) is 1.57. The molecule has 0 saturated carbocycles. The molecular formula is C22H22FN5O3. The SMILES string of the molecule is COc1ccc(NC(=O)[C@@H]2CCCN2C(=O)Nc2ccc(-n3cccn3)c(F)c2)cc1. The second-order valence-electron chi connectivity index (χ2n) is 7.12. The number of nitrogens with one attached hydrogen (secondary N) is 2. The maximum atomic E-state index is 14.4. The predicted molar refractivity (Wildman–Crippen MR) is 114 cm³/mol. The number of halogens is 1. The zero-order valence-electron chi connectivity index (χ0n) is 16.9. The molecule has 2 N–H and O–H groups in total. The molecule has 8 nitrogen and oxygen atoms in total. The molecule has 0 bridgehead atoms. The molecule has 0 radical (unpaired) electrons. The van der Waals surface area contributed by atoms with Crippen LogP contribution in [0.3, 0.4) is 0 Å². The number of methoxy groups -OCH3 is 1. The standard InChI is InChI=1S/C22H22FN5O3/c1-31-17-8-5-15(6-9-17)25-21(29)20-4-2-12-27(20)22(30)26-16-7-10-19(18(23)14-16)28-13-3-11-24-28/h3,5-11,13-14,20H,2,4,12H2,1H3,(H,25,29)(H,26,30)/t20-/m0/s1. The maximum absolute atomic E-state index is 14.4. The smallest absolute Gasteiger partial charge is 0.322 e. The molecule has 3 amide bonds. The highest BCUT2D eigenvalue weighted by Crippen LogP contribution is 2.23. The van der Waals surface area contributed by atoms with Gasteiger partial charge in [0, 0.05) is 30.3 Å². The van der Waals surface area contributed by atoms with E-state index in [1.165, 1.54) is 21.7 Å². The number of hydrogen-bond acceptors (Lipinski definition) is 4. The van der Waals surface area contributed by atoms with E-state index in [0.29, 0.717) is 36.5 Å². The van der Waals surface area contributed by atoms with E-state index in [9.17, 15) is 14.0 Å². The summed E-state index contributed by atoms with van der Waals surface area (Å²) in [5, 5.41) is 9.52. The van der Waals surface area contributed by atoms with Crippen LogP contribution >= 0.6 is 0 Å². The monoisotopic (exact) mass is 423 g/mol. The Kier molecular flexibility index (Phi) is 5.83. The van der Waals surface area contributed by atoms with Crippen LogP contribution in [0.15, 0.2) is 60.9 Å². The molecule has 1 aliphatic rings. The number of hydrogen-bond donors (Lipinski definition) is 2. The van der Waals surface area contributed by atoms with Crippen LogP contribution in [0.25, 0.3) is 5.69 Å². The number of rotatable bonds is 5. The lowest BCUT2D eigenvalue weighted by Crippen LogP contribution is -2.45. The van der Waals surface area contributed by atoms with Crippen molar-refractivity contribution < 1.29 is 18.7 Å². The molecule has 160 valence electrons. The van der Waals surface area contributed by atoms with Gasteiger partial charge in [0.2, 0.25) is 5.91 Å². The Morgan fingerprint density at radius 2 is 1.90 bits per heavy atom.